The average Bonchev–Trinajstić information content (AvgIpc) is 3.17. The molecule has 0 unspecified atom stereocenters. The Labute approximate surface area is 138 Å². The quantitative estimate of drug-likeness (QED) is 0.749. The van der Waals surface area contributed by atoms with Crippen molar-refractivity contribution in [3.05, 3.63) is 47.8 Å². The molecule has 0 atom stereocenters. The molecule has 0 radical (unpaired) electrons. The largest absolute Gasteiger partial charge is 0.392 e. The number of sulfone groups is 1. The van der Waals surface area contributed by atoms with Gasteiger partial charge in [-0.2, -0.15) is 5.26 Å². The highest BCUT2D eigenvalue weighted by molar-refractivity contribution is 7.91. The van der Waals surface area contributed by atoms with Crippen LogP contribution in [0.25, 0.3) is 0 Å². The minimum atomic E-state index is -3.86. The summed E-state index contributed by atoms with van der Waals surface area (Å²) in [5.74, 6) is -0.522. The van der Waals surface area contributed by atoms with Gasteiger partial charge in [0.05, 0.1) is 22.5 Å². The number of nitrogens with zero attached hydrogens (tertiary/aromatic N) is 1. The fraction of sp³-hybridized carbons (Fsp3) is 0.250. The Hall–Kier alpha value is -2.63. The highest BCUT2D eigenvalue weighted by atomic mass is 32.2. The Bertz CT molecular complexity index is 936. The molecule has 7 nitrogen and oxygen atoms in total. The summed E-state index contributed by atoms with van der Waals surface area (Å²) in [6.45, 7) is -0.405. The number of aromatic nitrogens is 1. The highest BCUT2D eigenvalue weighted by Gasteiger charge is 2.45. The zero-order valence-electron chi connectivity index (χ0n) is 12.6. The van der Waals surface area contributed by atoms with Crippen molar-refractivity contribution < 1.29 is 18.3 Å². The Kier molecular flexibility index (Phi) is 3.91. The Morgan fingerprint density at radius 1 is 1.38 bits per heavy atom. The first kappa shape index (κ1) is 16.2. The Balaban J connectivity index is 1.90. The smallest absolute Gasteiger partial charge is 0.268 e. The highest BCUT2D eigenvalue weighted by Crippen LogP contribution is 2.34. The number of benzene rings is 1. The molecular formula is C16H15N3O4S. The van der Waals surface area contributed by atoms with E-state index >= 15 is 0 Å². The number of hydrogen-bond donors (Lipinski definition) is 3. The predicted molar refractivity (Wildman–Crippen MR) is 83.7 cm³/mol. The van der Waals surface area contributed by atoms with E-state index in [2.05, 4.69) is 10.3 Å². The van der Waals surface area contributed by atoms with E-state index in [9.17, 15) is 18.3 Å². The van der Waals surface area contributed by atoms with Gasteiger partial charge in [0.25, 0.3) is 5.91 Å². The first-order chi connectivity index (χ1) is 11.4. The maximum absolute atomic E-state index is 12.7. The molecule has 3 N–H and O–H groups in total. The van der Waals surface area contributed by atoms with Gasteiger partial charge in [0.1, 0.15) is 11.2 Å². The van der Waals surface area contributed by atoms with Crippen LogP contribution in [-0.2, 0) is 16.4 Å². The molecule has 1 aliphatic rings. The molecule has 0 bridgehead atoms. The summed E-state index contributed by atoms with van der Waals surface area (Å²) in [7, 11) is -3.86. The number of aromatic amines is 1. The van der Waals surface area contributed by atoms with E-state index in [1.165, 1.54) is 24.4 Å². The van der Waals surface area contributed by atoms with Crippen LogP contribution in [0.5, 0.6) is 0 Å². The van der Waals surface area contributed by atoms with Crippen LogP contribution < -0.4 is 5.32 Å². The van der Waals surface area contributed by atoms with E-state index < -0.39 is 27.9 Å². The third kappa shape index (κ3) is 2.79. The zero-order valence-corrected chi connectivity index (χ0v) is 13.4. The van der Waals surface area contributed by atoms with Gasteiger partial charge in [0.2, 0.25) is 9.84 Å². The SMILES string of the molecule is N#CC1(NC(=O)c2cc(S(=O)(=O)c3ccccc3CO)c[nH]2)CC1. The predicted octanol–water partition coefficient (Wildman–Crippen LogP) is 1.13. The van der Waals surface area contributed by atoms with Crippen LogP contribution in [0.1, 0.15) is 28.9 Å². The van der Waals surface area contributed by atoms with Gasteiger partial charge >= 0.3 is 0 Å². The molecule has 0 saturated heterocycles. The first-order valence-corrected chi connectivity index (χ1v) is 8.76. The molecule has 0 aliphatic heterocycles. The van der Waals surface area contributed by atoms with Crippen LogP contribution in [-0.4, -0.2) is 30.0 Å². The molecule has 124 valence electrons. The van der Waals surface area contributed by atoms with E-state index in [4.69, 9.17) is 5.26 Å². The fourth-order valence-corrected chi connectivity index (χ4v) is 3.84. The van der Waals surface area contributed by atoms with Gasteiger partial charge in [-0.05, 0) is 30.5 Å². The lowest BCUT2D eigenvalue weighted by atomic mass is 10.2. The molecule has 1 heterocycles. The second-order valence-corrected chi connectivity index (χ2v) is 7.58. The first-order valence-electron chi connectivity index (χ1n) is 7.28. The molecule has 1 amide bonds. The molecule has 1 aromatic carbocycles. The molecule has 24 heavy (non-hydrogen) atoms. The lowest BCUT2D eigenvalue weighted by molar-refractivity contribution is 0.0937. The summed E-state index contributed by atoms with van der Waals surface area (Å²) >= 11 is 0. The molecule has 1 saturated carbocycles. The molecule has 8 heteroatoms. The summed E-state index contributed by atoms with van der Waals surface area (Å²) in [6.07, 6.45) is 2.40. The lowest BCUT2D eigenvalue weighted by Crippen LogP contribution is -2.35. The topological polar surface area (TPSA) is 123 Å². The van der Waals surface area contributed by atoms with Crippen LogP contribution in [0.3, 0.4) is 0 Å². The molecule has 1 aliphatic carbocycles. The van der Waals surface area contributed by atoms with Crippen LogP contribution in [0.2, 0.25) is 0 Å². The van der Waals surface area contributed by atoms with Gasteiger partial charge in [-0.25, -0.2) is 8.42 Å². The summed E-state index contributed by atoms with van der Waals surface area (Å²) in [4.78, 5) is 14.7. The van der Waals surface area contributed by atoms with E-state index in [1.54, 1.807) is 12.1 Å². The minimum absolute atomic E-state index is 0.00542. The minimum Gasteiger partial charge on any atom is -0.392 e. The normalized spacial score (nSPS) is 15.5. The number of nitriles is 1. The third-order valence-corrected chi connectivity index (χ3v) is 5.79. The van der Waals surface area contributed by atoms with Crippen molar-refractivity contribution in [3.8, 4) is 6.07 Å². The van der Waals surface area contributed by atoms with Crippen molar-refractivity contribution >= 4 is 15.7 Å². The second-order valence-electron chi connectivity index (χ2n) is 5.67. The van der Waals surface area contributed by atoms with Gasteiger partial charge in [0.15, 0.2) is 0 Å². The molecule has 0 spiro atoms. The number of amides is 1. The molecule has 3 rings (SSSR count). The van der Waals surface area contributed by atoms with E-state index in [1.807, 2.05) is 6.07 Å². The van der Waals surface area contributed by atoms with Crippen LogP contribution in [0, 0.1) is 11.3 Å². The van der Waals surface area contributed by atoms with Crippen LogP contribution >= 0.6 is 0 Å². The van der Waals surface area contributed by atoms with Crippen LogP contribution in [0.15, 0.2) is 46.3 Å². The number of H-pyrrole nitrogens is 1. The average molecular weight is 345 g/mol. The maximum Gasteiger partial charge on any atom is 0.268 e. The van der Waals surface area contributed by atoms with Gasteiger partial charge in [-0.1, -0.05) is 18.2 Å². The summed E-state index contributed by atoms with van der Waals surface area (Å²) in [5.41, 5.74) is -0.479. The molecular weight excluding hydrogens is 330 g/mol. The number of aliphatic hydroxyl groups is 1. The maximum atomic E-state index is 12.7. The number of nitrogens with one attached hydrogen (secondary N) is 2. The standard InChI is InChI=1S/C16H15N3O4S/c17-10-16(5-6-16)19-15(21)13-7-12(8-18-13)24(22,23)14-4-2-1-3-11(14)9-20/h1-4,7-8,18,20H,5-6,9H2,(H,19,21). The van der Waals surface area contributed by atoms with Crippen molar-refractivity contribution in [1.82, 2.24) is 10.3 Å². The van der Waals surface area contributed by atoms with Gasteiger partial charge in [-0.3, -0.25) is 4.79 Å². The van der Waals surface area contributed by atoms with Gasteiger partial charge in [0, 0.05) is 6.20 Å². The van der Waals surface area contributed by atoms with Gasteiger partial charge in [-0.15, -0.1) is 0 Å². The van der Waals surface area contributed by atoms with E-state index in [0.717, 1.165) is 0 Å². The zero-order chi connectivity index (χ0) is 17.4. The van der Waals surface area contributed by atoms with Crippen molar-refractivity contribution in [3.63, 3.8) is 0 Å². The summed E-state index contributed by atoms with van der Waals surface area (Å²) in [5, 5.41) is 20.9. The van der Waals surface area contributed by atoms with Crippen LogP contribution in [0.4, 0.5) is 0 Å². The van der Waals surface area contributed by atoms with Crippen molar-refractivity contribution in [2.45, 2.75) is 34.8 Å². The van der Waals surface area contributed by atoms with Crippen molar-refractivity contribution in [2.24, 2.45) is 0 Å². The summed E-state index contributed by atoms with van der Waals surface area (Å²) in [6, 6.07) is 9.40. The Morgan fingerprint density at radius 3 is 2.71 bits per heavy atom. The third-order valence-electron chi connectivity index (χ3n) is 3.96. The molecule has 1 aromatic heterocycles. The number of rotatable bonds is 5. The number of hydrogen-bond acceptors (Lipinski definition) is 5. The summed E-state index contributed by atoms with van der Waals surface area (Å²) < 4.78 is 25.4. The number of carbonyl (C=O) groups excluding carboxylic acids is 1. The molecule has 1 fully saturated rings. The van der Waals surface area contributed by atoms with Crippen molar-refractivity contribution in [2.75, 3.05) is 0 Å². The number of aliphatic hydroxyl groups excluding tert-OH is 1. The van der Waals surface area contributed by atoms with E-state index in [0.29, 0.717) is 12.8 Å². The van der Waals surface area contributed by atoms with E-state index in [-0.39, 0.29) is 21.0 Å². The molecule has 2 aromatic rings. The number of carbonyl (C=O) groups is 1. The fourth-order valence-electron chi connectivity index (χ4n) is 2.36. The van der Waals surface area contributed by atoms with Crippen molar-refractivity contribution in [1.29, 1.82) is 5.26 Å². The van der Waals surface area contributed by atoms with Gasteiger partial charge < -0.3 is 15.4 Å². The lowest BCUT2D eigenvalue weighted by Gasteiger charge is -2.07. The second kappa shape index (κ2) is 5.78. The Morgan fingerprint density at radius 2 is 2.08 bits per heavy atom. The monoisotopic (exact) mass is 345 g/mol.